The lowest BCUT2D eigenvalue weighted by molar-refractivity contribution is -0.116. The van der Waals surface area contributed by atoms with Gasteiger partial charge >= 0.3 is 0 Å². The number of hydrogen-bond donors (Lipinski definition) is 3. The quantitative estimate of drug-likeness (QED) is 0.410. The first kappa shape index (κ1) is 18.5. The molecular formula is C19H20N6OS. The minimum absolute atomic E-state index is 0.124. The van der Waals surface area contributed by atoms with E-state index in [4.69, 9.17) is 0 Å². The number of aryl methyl sites for hydroxylation is 1. The predicted octanol–water partition coefficient (Wildman–Crippen LogP) is 3.23. The highest BCUT2D eigenvalue weighted by atomic mass is 32.1. The Bertz CT molecular complexity index is 876. The number of hydrogen-bond acceptors (Lipinski definition) is 7. The zero-order valence-electron chi connectivity index (χ0n) is 14.8. The second-order valence-electron chi connectivity index (χ2n) is 5.72. The number of thiophene rings is 1. The van der Waals surface area contributed by atoms with Gasteiger partial charge in [0.2, 0.25) is 5.91 Å². The normalized spacial score (nSPS) is 10.7. The molecule has 0 aromatic carbocycles. The van der Waals surface area contributed by atoms with Crippen LogP contribution >= 0.6 is 11.3 Å². The third kappa shape index (κ3) is 6.19. The zero-order valence-corrected chi connectivity index (χ0v) is 15.7. The predicted molar refractivity (Wildman–Crippen MR) is 109 cm³/mol. The van der Waals surface area contributed by atoms with Crippen molar-refractivity contribution in [2.45, 2.75) is 6.92 Å². The Balaban J connectivity index is 1.38. The number of amides is 1. The molecule has 0 radical (unpaired) electrons. The number of nitrogens with one attached hydrogen (secondary N) is 3. The summed E-state index contributed by atoms with van der Waals surface area (Å²) in [6, 6.07) is 11.4. The molecule has 0 saturated carbocycles. The topological polar surface area (TPSA) is 91.8 Å². The second-order valence-corrected chi connectivity index (χ2v) is 6.70. The molecule has 0 spiro atoms. The van der Waals surface area contributed by atoms with Crippen LogP contribution in [-0.2, 0) is 4.79 Å². The van der Waals surface area contributed by atoms with Gasteiger partial charge in [-0.3, -0.25) is 4.79 Å². The van der Waals surface area contributed by atoms with Gasteiger partial charge in [-0.1, -0.05) is 12.1 Å². The highest BCUT2D eigenvalue weighted by Gasteiger charge is 2.00. The molecule has 0 aliphatic rings. The second kappa shape index (κ2) is 9.44. The Morgan fingerprint density at radius 1 is 1.07 bits per heavy atom. The first-order valence-electron chi connectivity index (χ1n) is 8.46. The van der Waals surface area contributed by atoms with E-state index in [-0.39, 0.29) is 5.91 Å². The molecule has 138 valence electrons. The van der Waals surface area contributed by atoms with E-state index < -0.39 is 0 Å². The highest BCUT2D eigenvalue weighted by molar-refractivity contribution is 7.10. The molecule has 3 heterocycles. The number of carbonyl (C=O) groups excluding carboxylic acids is 1. The van der Waals surface area contributed by atoms with Crippen molar-refractivity contribution in [3.63, 3.8) is 0 Å². The fourth-order valence-electron chi connectivity index (χ4n) is 2.15. The van der Waals surface area contributed by atoms with Crippen LogP contribution in [0, 0.1) is 6.92 Å². The first-order valence-corrected chi connectivity index (χ1v) is 9.34. The molecule has 0 aliphatic carbocycles. The summed E-state index contributed by atoms with van der Waals surface area (Å²) in [6.07, 6.45) is 5.12. The summed E-state index contributed by atoms with van der Waals surface area (Å²) in [5, 5.41) is 19.2. The Labute approximate surface area is 161 Å². The van der Waals surface area contributed by atoms with E-state index in [1.165, 1.54) is 6.08 Å². The molecule has 3 aromatic heterocycles. The largest absolute Gasteiger partial charge is 0.367 e. The number of pyridine rings is 1. The zero-order chi connectivity index (χ0) is 18.9. The Morgan fingerprint density at radius 2 is 1.89 bits per heavy atom. The van der Waals surface area contributed by atoms with Crippen LogP contribution in [0.25, 0.3) is 6.08 Å². The van der Waals surface area contributed by atoms with Crippen molar-refractivity contribution in [3.8, 4) is 0 Å². The van der Waals surface area contributed by atoms with Gasteiger partial charge in [0, 0.05) is 30.2 Å². The fraction of sp³-hybridized carbons (Fsp3) is 0.158. The average molecular weight is 380 g/mol. The lowest BCUT2D eigenvalue weighted by Gasteiger charge is -2.07. The van der Waals surface area contributed by atoms with Crippen LogP contribution in [0.2, 0.25) is 0 Å². The molecular weight excluding hydrogens is 360 g/mol. The van der Waals surface area contributed by atoms with E-state index >= 15 is 0 Å². The van der Waals surface area contributed by atoms with Gasteiger partial charge in [0.15, 0.2) is 5.82 Å². The monoisotopic (exact) mass is 380 g/mol. The third-order valence-electron chi connectivity index (χ3n) is 3.50. The van der Waals surface area contributed by atoms with E-state index in [1.807, 2.05) is 48.7 Å². The molecule has 0 bridgehead atoms. The first-order chi connectivity index (χ1) is 13.2. The summed E-state index contributed by atoms with van der Waals surface area (Å²) in [6.45, 7) is 3.03. The van der Waals surface area contributed by atoms with Crippen molar-refractivity contribution < 1.29 is 4.79 Å². The van der Waals surface area contributed by atoms with Crippen molar-refractivity contribution in [2.75, 3.05) is 23.7 Å². The summed E-state index contributed by atoms with van der Waals surface area (Å²) in [5.74, 6) is 1.85. The van der Waals surface area contributed by atoms with Crippen molar-refractivity contribution >= 4 is 40.8 Å². The van der Waals surface area contributed by atoms with Gasteiger partial charge in [-0.05, 0) is 48.2 Å². The molecule has 3 N–H and O–H groups in total. The van der Waals surface area contributed by atoms with Crippen LogP contribution in [0.15, 0.2) is 54.1 Å². The SMILES string of the molecule is Cc1ccc(Nc2ccc(NCCNC(=O)/C=C/c3cccs3)nn2)nc1. The van der Waals surface area contributed by atoms with Gasteiger partial charge in [-0.2, -0.15) is 0 Å². The molecule has 27 heavy (non-hydrogen) atoms. The van der Waals surface area contributed by atoms with Gasteiger partial charge in [-0.15, -0.1) is 21.5 Å². The van der Waals surface area contributed by atoms with Crippen molar-refractivity contribution in [1.82, 2.24) is 20.5 Å². The van der Waals surface area contributed by atoms with Crippen LogP contribution in [0.3, 0.4) is 0 Å². The van der Waals surface area contributed by atoms with Crippen LogP contribution in [-0.4, -0.2) is 34.2 Å². The molecule has 0 atom stereocenters. The Kier molecular flexibility index (Phi) is 6.48. The number of carbonyl (C=O) groups is 1. The molecule has 0 aliphatic heterocycles. The van der Waals surface area contributed by atoms with Crippen LogP contribution in [0.4, 0.5) is 17.5 Å². The van der Waals surface area contributed by atoms with Crippen LogP contribution in [0.5, 0.6) is 0 Å². The summed E-state index contributed by atoms with van der Waals surface area (Å²) in [5.41, 5.74) is 1.10. The maximum absolute atomic E-state index is 11.7. The number of anilines is 3. The van der Waals surface area contributed by atoms with Crippen LogP contribution < -0.4 is 16.0 Å². The Hall–Kier alpha value is -3.26. The summed E-state index contributed by atoms with van der Waals surface area (Å²) in [7, 11) is 0. The molecule has 1 amide bonds. The molecule has 3 rings (SSSR count). The van der Waals surface area contributed by atoms with E-state index in [0.717, 1.165) is 10.4 Å². The van der Waals surface area contributed by atoms with E-state index in [0.29, 0.717) is 30.5 Å². The summed E-state index contributed by atoms with van der Waals surface area (Å²) < 4.78 is 0. The maximum Gasteiger partial charge on any atom is 0.244 e. The maximum atomic E-state index is 11.7. The van der Waals surface area contributed by atoms with Gasteiger partial charge in [0.25, 0.3) is 0 Å². The molecule has 0 fully saturated rings. The number of aromatic nitrogens is 3. The van der Waals surface area contributed by atoms with Gasteiger partial charge in [0.1, 0.15) is 11.6 Å². The van der Waals surface area contributed by atoms with E-state index in [2.05, 4.69) is 31.1 Å². The lowest BCUT2D eigenvalue weighted by atomic mass is 10.3. The minimum atomic E-state index is -0.124. The molecule has 8 heteroatoms. The van der Waals surface area contributed by atoms with Gasteiger partial charge < -0.3 is 16.0 Å². The number of rotatable bonds is 8. The van der Waals surface area contributed by atoms with E-state index in [1.54, 1.807) is 23.6 Å². The lowest BCUT2D eigenvalue weighted by Crippen LogP contribution is -2.27. The van der Waals surface area contributed by atoms with Gasteiger partial charge in [-0.25, -0.2) is 4.98 Å². The number of nitrogens with zero attached hydrogens (tertiary/aromatic N) is 3. The van der Waals surface area contributed by atoms with E-state index in [9.17, 15) is 4.79 Å². The van der Waals surface area contributed by atoms with Crippen molar-refractivity contribution in [1.29, 1.82) is 0 Å². The third-order valence-corrected chi connectivity index (χ3v) is 4.34. The molecule has 7 nitrogen and oxygen atoms in total. The molecule has 0 saturated heterocycles. The summed E-state index contributed by atoms with van der Waals surface area (Å²) >= 11 is 1.59. The average Bonchev–Trinajstić information content (AvgIpc) is 3.20. The smallest absolute Gasteiger partial charge is 0.244 e. The highest BCUT2D eigenvalue weighted by Crippen LogP contribution is 2.12. The van der Waals surface area contributed by atoms with Crippen molar-refractivity contribution in [3.05, 3.63) is 64.5 Å². The standard InChI is InChI=1S/C19H20N6OS/c1-14-4-6-16(22-13-14)23-18-8-7-17(24-25-18)20-10-11-21-19(26)9-5-15-3-2-12-27-15/h2-9,12-13H,10-11H2,1H3,(H,20,24)(H,21,26)(H,22,23,25)/b9-5+. The Morgan fingerprint density at radius 3 is 2.59 bits per heavy atom. The van der Waals surface area contributed by atoms with Crippen molar-refractivity contribution in [2.24, 2.45) is 0 Å². The van der Waals surface area contributed by atoms with Gasteiger partial charge in [0.05, 0.1) is 0 Å². The fourth-order valence-corrected chi connectivity index (χ4v) is 2.76. The molecule has 0 unspecified atom stereocenters. The minimum Gasteiger partial charge on any atom is -0.367 e. The van der Waals surface area contributed by atoms with Crippen LogP contribution in [0.1, 0.15) is 10.4 Å². The summed E-state index contributed by atoms with van der Waals surface area (Å²) in [4.78, 5) is 17.0. The molecule has 3 aromatic rings.